The number of terminal acetylenes is 1. The van der Waals surface area contributed by atoms with Gasteiger partial charge in [0, 0.05) is 30.8 Å². The molecule has 3 rings (SSSR count). The molecule has 1 fully saturated rings. The third kappa shape index (κ3) is 4.91. The molecular formula is C21H22F3N3O2. The van der Waals surface area contributed by atoms with Crippen molar-refractivity contribution in [1.29, 1.82) is 0 Å². The number of piperidine rings is 1. The average Bonchev–Trinajstić information content (AvgIpc) is 3.21. The maximum absolute atomic E-state index is 12.8. The Morgan fingerprint density at radius 2 is 1.93 bits per heavy atom. The molecule has 2 heterocycles. The maximum Gasteiger partial charge on any atom is 0.425 e. The van der Waals surface area contributed by atoms with Crippen LogP contribution < -0.4 is 0 Å². The van der Waals surface area contributed by atoms with Gasteiger partial charge in [-0.2, -0.15) is 18.3 Å². The van der Waals surface area contributed by atoms with Crippen molar-refractivity contribution in [2.45, 2.75) is 44.4 Å². The molecule has 0 bridgehead atoms. The molecule has 0 aliphatic carbocycles. The number of halogens is 3. The number of nitrogens with zero attached hydrogens (tertiary/aromatic N) is 3. The molecule has 0 spiro atoms. The lowest BCUT2D eigenvalue weighted by Crippen LogP contribution is -2.42. The van der Waals surface area contributed by atoms with E-state index in [-0.39, 0.29) is 12.3 Å². The predicted molar refractivity (Wildman–Crippen MR) is 102 cm³/mol. The van der Waals surface area contributed by atoms with Gasteiger partial charge in [0.2, 0.25) is 0 Å². The summed E-state index contributed by atoms with van der Waals surface area (Å²) < 4.78 is 44.8. The van der Waals surface area contributed by atoms with Crippen LogP contribution in [0.2, 0.25) is 0 Å². The van der Waals surface area contributed by atoms with Gasteiger partial charge in [0.05, 0.1) is 11.4 Å². The summed E-state index contributed by atoms with van der Waals surface area (Å²) in [6.07, 6.45) is 0.629. The topological polar surface area (TPSA) is 47.4 Å². The van der Waals surface area contributed by atoms with Crippen LogP contribution in [0.15, 0.2) is 36.5 Å². The Kier molecular flexibility index (Phi) is 6.16. The Hall–Kier alpha value is -2.95. The Morgan fingerprint density at radius 3 is 2.48 bits per heavy atom. The van der Waals surface area contributed by atoms with E-state index in [4.69, 9.17) is 6.42 Å². The molecule has 1 saturated heterocycles. The summed E-state index contributed by atoms with van der Waals surface area (Å²) in [5.74, 6) is 2.70. The summed E-state index contributed by atoms with van der Waals surface area (Å²) in [6.45, 7) is 2.01. The van der Waals surface area contributed by atoms with E-state index in [2.05, 4.69) is 15.8 Å². The van der Waals surface area contributed by atoms with E-state index in [0.29, 0.717) is 25.9 Å². The number of hydrogen-bond donors (Lipinski definition) is 0. The highest BCUT2D eigenvalue weighted by Crippen LogP contribution is 2.29. The van der Waals surface area contributed by atoms with Crippen molar-refractivity contribution in [2.24, 2.45) is 0 Å². The number of likely N-dealkylation sites (tertiary alicyclic amines) is 1. The highest BCUT2D eigenvalue weighted by atomic mass is 19.4. The third-order valence-electron chi connectivity index (χ3n) is 5.06. The van der Waals surface area contributed by atoms with E-state index >= 15 is 0 Å². The Labute approximate surface area is 167 Å². The molecule has 0 unspecified atom stereocenters. The van der Waals surface area contributed by atoms with E-state index < -0.39 is 18.4 Å². The highest BCUT2D eigenvalue weighted by molar-refractivity contribution is 5.68. The molecule has 0 radical (unpaired) electrons. The molecule has 1 atom stereocenters. The van der Waals surface area contributed by atoms with E-state index in [1.807, 2.05) is 36.5 Å². The molecule has 5 nitrogen and oxygen atoms in total. The van der Waals surface area contributed by atoms with Crippen LogP contribution in [0.4, 0.5) is 18.0 Å². The second-order valence-corrected chi connectivity index (χ2v) is 6.96. The van der Waals surface area contributed by atoms with E-state index in [1.54, 1.807) is 4.68 Å². The first-order valence-corrected chi connectivity index (χ1v) is 9.46. The van der Waals surface area contributed by atoms with Gasteiger partial charge in [0.1, 0.15) is 0 Å². The number of alkyl halides is 3. The lowest BCUT2D eigenvalue weighted by molar-refractivity contribution is -0.206. The highest BCUT2D eigenvalue weighted by Gasteiger charge is 2.42. The molecule has 2 aromatic rings. The quantitative estimate of drug-likeness (QED) is 0.703. The molecular weight excluding hydrogens is 383 g/mol. The fourth-order valence-corrected chi connectivity index (χ4v) is 3.35. The van der Waals surface area contributed by atoms with Crippen LogP contribution in [0.5, 0.6) is 0 Å². The Morgan fingerprint density at radius 1 is 1.28 bits per heavy atom. The molecule has 8 heteroatoms. The van der Waals surface area contributed by atoms with Crippen molar-refractivity contribution >= 4 is 6.09 Å². The SMILES string of the molecule is C#Cc1ccc(-n2ccc(C3CCN(C(=O)O[C@H](CC)C(F)(F)F)CC3)n2)cc1. The maximum atomic E-state index is 12.8. The zero-order chi connectivity index (χ0) is 21.0. The van der Waals surface area contributed by atoms with Crippen LogP contribution in [-0.2, 0) is 4.74 Å². The fraction of sp³-hybridized carbons (Fsp3) is 0.429. The van der Waals surface area contributed by atoms with Gasteiger partial charge in [-0.15, -0.1) is 6.42 Å². The second kappa shape index (κ2) is 8.60. The lowest BCUT2D eigenvalue weighted by atomic mass is 9.94. The molecule has 1 aromatic heterocycles. The van der Waals surface area contributed by atoms with Crippen molar-refractivity contribution < 1.29 is 22.7 Å². The monoisotopic (exact) mass is 405 g/mol. The molecule has 1 aliphatic heterocycles. The molecule has 1 amide bonds. The molecule has 1 aliphatic rings. The Balaban J connectivity index is 1.57. The largest absolute Gasteiger partial charge is 0.436 e. The Bertz CT molecular complexity index is 876. The number of carbonyl (C=O) groups is 1. The van der Waals surface area contributed by atoms with Gasteiger partial charge in [-0.3, -0.25) is 0 Å². The third-order valence-corrected chi connectivity index (χ3v) is 5.06. The zero-order valence-corrected chi connectivity index (χ0v) is 16.0. The lowest BCUT2D eigenvalue weighted by Gasteiger charge is -2.32. The van der Waals surface area contributed by atoms with Crippen molar-refractivity contribution in [1.82, 2.24) is 14.7 Å². The second-order valence-electron chi connectivity index (χ2n) is 6.96. The molecule has 29 heavy (non-hydrogen) atoms. The van der Waals surface area contributed by atoms with Crippen LogP contribution in [0.3, 0.4) is 0 Å². The minimum atomic E-state index is -4.55. The van der Waals surface area contributed by atoms with Crippen molar-refractivity contribution in [2.75, 3.05) is 13.1 Å². The number of aromatic nitrogens is 2. The van der Waals surface area contributed by atoms with Gasteiger partial charge in [-0.25, -0.2) is 9.48 Å². The number of rotatable bonds is 4. The van der Waals surface area contributed by atoms with Crippen molar-refractivity contribution in [3.63, 3.8) is 0 Å². The number of amides is 1. The summed E-state index contributed by atoms with van der Waals surface area (Å²) in [5, 5.41) is 4.61. The van der Waals surface area contributed by atoms with Crippen molar-refractivity contribution in [3.8, 4) is 18.0 Å². The summed E-state index contributed by atoms with van der Waals surface area (Å²) in [7, 11) is 0. The first-order chi connectivity index (χ1) is 13.8. The summed E-state index contributed by atoms with van der Waals surface area (Å²) in [5.41, 5.74) is 2.56. The van der Waals surface area contributed by atoms with Gasteiger partial charge < -0.3 is 9.64 Å². The zero-order valence-electron chi connectivity index (χ0n) is 16.0. The van der Waals surface area contributed by atoms with Gasteiger partial charge in [0.15, 0.2) is 6.10 Å². The van der Waals surface area contributed by atoms with Crippen LogP contribution >= 0.6 is 0 Å². The molecule has 0 saturated carbocycles. The van der Waals surface area contributed by atoms with Crippen LogP contribution in [0.25, 0.3) is 5.69 Å². The molecule has 1 aromatic carbocycles. The van der Waals surface area contributed by atoms with E-state index in [1.165, 1.54) is 11.8 Å². The minimum Gasteiger partial charge on any atom is -0.436 e. The standard InChI is InChI=1S/C21H22F3N3O2/c1-3-15-5-7-17(8-6-15)27-14-11-18(25-27)16-9-12-26(13-10-16)20(28)29-19(4-2)21(22,23)24/h1,5-8,11,14,16,19H,4,9-10,12-13H2,2H3/t19-/m1/s1. The normalized spacial score (nSPS) is 16.3. The summed E-state index contributed by atoms with van der Waals surface area (Å²) in [6, 6.07) is 9.37. The number of ether oxygens (including phenoxy) is 1. The van der Waals surface area contributed by atoms with Gasteiger partial charge in [-0.05, 0) is 49.6 Å². The van der Waals surface area contributed by atoms with Crippen LogP contribution in [-0.4, -0.2) is 46.1 Å². The van der Waals surface area contributed by atoms with E-state index in [9.17, 15) is 18.0 Å². The van der Waals surface area contributed by atoms with Crippen LogP contribution in [0, 0.1) is 12.3 Å². The minimum absolute atomic E-state index is 0.134. The number of benzene rings is 1. The first kappa shape index (κ1) is 20.8. The van der Waals surface area contributed by atoms with Gasteiger partial charge >= 0.3 is 12.3 Å². The molecule has 0 N–H and O–H groups in total. The summed E-state index contributed by atoms with van der Waals surface area (Å²) in [4.78, 5) is 13.4. The predicted octanol–water partition coefficient (Wildman–Crippen LogP) is 4.51. The van der Waals surface area contributed by atoms with Gasteiger partial charge in [0.25, 0.3) is 0 Å². The fourth-order valence-electron chi connectivity index (χ4n) is 3.35. The first-order valence-electron chi connectivity index (χ1n) is 9.46. The average molecular weight is 405 g/mol. The van der Waals surface area contributed by atoms with Crippen molar-refractivity contribution in [3.05, 3.63) is 47.8 Å². The smallest absolute Gasteiger partial charge is 0.425 e. The van der Waals surface area contributed by atoms with Gasteiger partial charge in [-0.1, -0.05) is 12.8 Å². The van der Waals surface area contributed by atoms with E-state index in [0.717, 1.165) is 16.9 Å². The summed E-state index contributed by atoms with van der Waals surface area (Å²) >= 11 is 0. The number of carbonyl (C=O) groups excluding carboxylic acids is 1. The molecule has 154 valence electrons. The number of hydrogen-bond acceptors (Lipinski definition) is 3. The van der Waals surface area contributed by atoms with Crippen LogP contribution in [0.1, 0.15) is 43.4 Å².